The van der Waals surface area contributed by atoms with Crippen molar-refractivity contribution in [2.75, 3.05) is 11.9 Å². The molecule has 7 rings (SSSR count). The van der Waals surface area contributed by atoms with Crippen LogP contribution in [0.25, 0.3) is 0 Å². The topological polar surface area (TPSA) is 95.6 Å². The Hall–Kier alpha value is -2.78. The number of anilines is 1. The SMILES string of the molecule is O=C(NC12CC3CC(CC(C3)C1)C2)c1ccc(NC(=O)C2CCCN2S(=O)(=O)c2ccc(F)cc2)cc1. The fraction of sp³-hybridized carbons (Fsp3) is 0.500. The van der Waals surface area contributed by atoms with Gasteiger partial charge in [0, 0.05) is 23.3 Å². The number of hydrogen-bond acceptors (Lipinski definition) is 4. The number of nitrogens with one attached hydrogen (secondary N) is 2. The van der Waals surface area contributed by atoms with E-state index in [-0.39, 0.29) is 22.9 Å². The molecule has 9 heteroatoms. The molecule has 196 valence electrons. The lowest BCUT2D eigenvalue weighted by Crippen LogP contribution is -2.59. The molecule has 2 aromatic carbocycles. The van der Waals surface area contributed by atoms with E-state index in [1.54, 1.807) is 24.3 Å². The molecule has 37 heavy (non-hydrogen) atoms. The third kappa shape index (κ3) is 4.68. The molecule has 5 aliphatic rings. The van der Waals surface area contributed by atoms with Gasteiger partial charge in [-0.3, -0.25) is 9.59 Å². The van der Waals surface area contributed by atoms with E-state index in [1.165, 1.54) is 35.7 Å². The molecule has 1 saturated heterocycles. The minimum Gasteiger partial charge on any atom is -0.347 e. The zero-order valence-electron chi connectivity index (χ0n) is 20.7. The number of amides is 2. The number of sulfonamides is 1. The van der Waals surface area contributed by atoms with Gasteiger partial charge < -0.3 is 10.6 Å². The van der Waals surface area contributed by atoms with Gasteiger partial charge in [-0.1, -0.05) is 0 Å². The summed E-state index contributed by atoms with van der Waals surface area (Å²) >= 11 is 0. The highest BCUT2D eigenvalue weighted by Crippen LogP contribution is 2.55. The van der Waals surface area contributed by atoms with Gasteiger partial charge in [-0.15, -0.1) is 0 Å². The van der Waals surface area contributed by atoms with E-state index in [0.29, 0.717) is 24.1 Å². The Kier molecular flexibility index (Phi) is 6.11. The van der Waals surface area contributed by atoms with Gasteiger partial charge in [0.25, 0.3) is 5.91 Å². The highest BCUT2D eigenvalue weighted by molar-refractivity contribution is 7.89. The molecular formula is C28H32FN3O4S. The lowest BCUT2D eigenvalue weighted by molar-refractivity contribution is -0.119. The molecule has 1 atom stereocenters. The van der Waals surface area contributed by atoms with Crippen LogP contribution in [0.2, 0.25) is 0 Å². The van der Waals surface area contributed by atoms with Crippen LogP contribution in [-0.4, -0.2) is 42.7 Å². The second kappa shape index (κ2) is 9.20. The molecule has 7 nitrogen and oxygen atoms in total. The van der Waals surface area contributed by atoms with Crippen LogP contribution in [0.3, 0.4) is 0 Å². The van der Waals surface area contributed by atoms with Gasteiger partial charge in [0.1, 0.15) is 11.9 Å². The smallest absolute Gasteiger partial charge is 0.251 e. The summed E-state index contributed by atoms with van der Waals surface area (Å²) in [4.78, 5) is 26.1. The quantitative estimate of drug-likeness (QED) is 0.587. The lowest BCUT2D eigenvalue weighted by Gasteiger charge is -2.56. The monoisotopic (exact) mass is 525 g/mol. The number of carbonyl (C=O) groups is 2. The minimum absolute atomic E-state index is 0.0389. The zero-order chi connectivity index (χ0) is 25.8. The van der Waals surface area contributed by atoms with E-state index in [0.717, 1.165) is 49.1 Å². The van der Waals surface area contributed by atoms with Gasteiger partial charge in [-0.05, 0) is 118 Å². The number of nitrogens with zero attached hydrogens (tertiary/aromatic N) is 1. The van der Waals surface area contributed by atoms with E-state index in [4.69, 9.17) is 0 Å². The molecule has 1 aliphatic heterocycles. The Morgan fingerprint density at radius 1 is 0.892 bits per heavy atom. The number of hydrogen-bond donors (Lipinski definition) is 2. The summed E-state index contributed by atoms with van der Waals surface area (Å²) in [6, 6.07) is 10.5. The molecular weight excluding hydrogens is 493 g/mol. The summed E-state index contributed by atoms with van der Waals surface area (Å²) in [6.07, 6.45) is 8.14. The molecule has 4 saturated carbocycles. The van der Waals surface area contributed by atoms with Gasteiger partial charge in [0.2, 0.25) is 15.9 Å². The standard InChI is InChI=1S/C28H32FN3O4S/c29-22-5-9-24(10-6-22)37(35,36)32-11-1-2-25(32)27(34)30-23-7-3-21(4-8-23)26(33)31-28-15-18-12-19(16-28)14-20(13-18)17-28/h3-10,18-20,25H,1-2,11-17H2,(H,30,34)(H,31,33). The molecule has 0 radical (unpaired) electrons. The Balaban J connectivity index is 1.10. The van der Waals surface area contributed by atoms with Crippen molar-refractivity contribution >= 4 is 27.5 Å². The Morgan fingerprint density at radius 2 is 1.49 bits per heavy atom. The summed E-state index contributed by atoms with van der Waals surface area (Å²) in [5.74, 6) is 1.20. The van der Waals surface area contributed by atoms with E-state index >= 15 is 0 Å². The maximum atomic E-state index is 13.3. The predicted molar refractivity (Wildman–Crippen MR) is 137 cm³/mol. The summed E-state index contributed by atoms with van der Waals surface area (Å²) in [5.41, 5.74) is 0.984. The van der Waals surface area contributed by atoms with Crippen molar-refractivity contribution in [3.8, 4) is 0 Å². The zero-order valence-corrected chi connectivity index (χ0v) is 21.5. The van der Waals surface area contributed by atoms with Crippen LogP contribution in [0.5, 0.6) is 0 Å². The van der Waals surface area contributed by atoms with Crippen molar-refractivity contribution < 1.29 is 22.4 Å². The molecule has 2 N–H and O–H groups in total. The van der Waals surface area contributed by atoms with Gasteiger partial charge in [-0.25, -0.2) is 12.8 Å². The number of halogens is 1. The molecule has 4 aliphatic carbocycles. The first-order valence-corrected chi connectivity index (χ1v) is 14.7. The van der Waals surface area contributed by atoms with Crippen LogP contribution >= 0.6 is 0 Å². The average molecular weight is 526 g/mol. The molecule has 1 unspecified atom stereocenters. The van der Waals surface area contributed by atoms with E-state index in [1.807, 2.05) is 0 Å². The van der Waals surface area contributed by atoms with Crippen LogP contribution in [0.15, 0.2) is 53.4 Å². The van der Waals surface area contributed by atoms with Crippen LogP contribution in [0, 0.1) is 23.6 Å². The van der Waals surface area contributed by atoms with Crippen LogP contribution in [0.1, 0.15) is 61.7 Å². The van der Waals surface area contributed by atoms with Crippen molar-refractivity contribution in [1.82, 2.24) is 9.62 Å². The normalized spacial score (nSPS) is 30.8. The van der Waals surface area contributed by atoms with Gasteiger partial charge in [-0.2, -0.15) is 4.31 Å². The maximum Gasteiger partial charge on any atom is 0.251 e. The first-order valence-electron chi connectivity index (χ1n) is 13.2. The number of benzene rings is 2. The second-order valence-electron chi connectivity index (χ2n) is 11.4. The lowest BCUT2D eigenvalue weighted by atomic mass is 9.53. The molecule has 2 aromatic rings. The van der Waals surface area contributed by atoms with Crippen molar-refractivity contribution in [1.29, 1.82) is 0 Å². The van der Waals surface area contributed by atoms with Gasteiger partial charge >= 0.3 is 0 Å². The van der Waals surface area contributed by atoms with Crippen molar-refractivity contribution in [2.45, 2.75) is 67.8 Å². The van der Waals surface area contributed by atoms with Crippen molar-refractivity contribution in [3.05, 3.63) is 59.9 Å². The van der Waals surface area contributed by atoms with Crippen molar-refractivity contribution in [3.63, 3.8) is 0 Å². The number of carbonyl (C=O) groups excluding carboxylic acids is 2. The van der Waals surface area contributed by atoms with Crippen molar-refractivity contribution in [2.24, 2.45) is 17.8 Å². The predicted octanol–water partition coefficient (Wildman–Crippen LogP) is 4.32. The molecule has 0 spiro atoms. The van der Waals surface area contributed by atoms with E-state index in [9.17, 15) is 22.4 Å². The second-order valence-corrected chi connectivity index (χ2v) is 13.3. The van der Waals surface area contributed by atoms with Crippen LogP contribution in [0.4, 0.5) is 10.1 Å². The number of rotatable bonds is 6. The summed E-state index contributed by atoms with van der Waals surface area (Å²) in [6.45, 7) is 0.223. The van der Waals surface area contributed by atoms with Crippen LogP contribution < -0.4 is 10.6 Å². The average Bonchev–Trinajstić information content (AvgIpc) is 3.35. The molecule has 4 bridgehead atoms. The molecule has 1 heterocycles. The third-order valence-electron chi connectivity index (χ3n) is 8.76. The van der Waals surface area contributed by atoms with Crippen LogP contribution in [-0.2, 0) is 14.8 Å². The molecule has 2 amide bonds. The van der Waals surface area contributed by atoms with Gasteiger partial charge in [0.15, 0.2) is 0 Å². The Bertz CT molecular complexity index is 1270. The Labute approximate surface area is 216 Å². The highest BCUT2D eigenvalue weighted by Gasteiger charge is 2.51. The van der Waals surface area contributed by atoms with E-state index < -0.39 is 27.8 Å². The summed E-state index contributed by atoms with van der Waals surface area (Å²) in [7, 11) is -3.93. The fourth-order valence-corrected chi connectivity index (χ4v) is 9.20. The van der Waals surface area contributed by atoms with E-state index in [2.05, 4.69) is 10.6 Å². The third-order valence-corrected chi connectivity index (χ3v) is 10.7. The van der Waals surface area contributed by atoms with Gasteiger partial charge in [0.05, 0.1) is 4.90 Å². The molecule has 0 aromatic heterocycles. The first-order chi connectivity index (χ1) is 17.7. The highest BCUT2D eigenvalue weighted by atomic mass is 32.2. The fourth-order valence-electron chi connectivity index (χ4n) is 7.54. The maximum absolute atomic E-state index is 13.3. The minimum atomic E-state index is -3.93. The Morgan fingerprint density at radius 3 is 2.08 bits per heavy atom. The molecule has 5 fully saturated rings. The first kappa shape index (κ1) is 24.6. The summed E-state index contributed by atoms with van der Waals surface area (Å²) < 4.78 is 40.6. The summed E-state index contributed by atoms with van der Waals surface area (Å²) in [5, 5.41) is 6.17. The largest absolute Gasteiger partial charge is 0.347 e.